The van der Waals surface area contributed by atoms with E-state index in [0.29, 0.717) is 16.9 Å². The molecule has 0 aliphatic carbocycles. The Hall–Kier alpha value is -2.30. The molecule has 5 nitrogen and oxygen atoms in total. The van der Waals surface area contributed by atoms with Crippen molar-refractivity contribution in [1.82, 2.24) is 0 Å². The fraction of sp³-hybridized carbons (Fsp3) is 0.286. The predicted octanol–water partition coefficient (Wildman–Crippen LogP) is 2.34. The van der Waals surface area contributed by atoms with Gasteiger partial charge in [-0.1, -0.05) is 12.1 Å². The van der Waals surface area contributed by atoms with Crippen molar-refractivity contribution in [1.29, 1.82) is 0 Å². The second-order valence-corrected chi connectivity index (χ2v) is 4.18. The van der Waals surface area contributed by atoms with Crippen LogP contribution in [0.2, 0.25) is 0 Å². The fourth-order valence-electron chi connectivity index (χ4n) is 1.79. The number of carbonyl (C=O) groups is 2. The highest BCUT2D eigenvalue weighted by atomic mass is 16.5. The van der Waals surface area contributed by atoms with E-state index in [-0.39, 0.29) is 5.57 Å². The minimum Gasteiger partial charge on any atom is -0.496 e. The highest BCUT2D eigenvalue weighted by Crippen LogP contribution is 2.30. The molecule has 0 heterocycles. The van der Waals surface area contributed by atoms with Crippen molar-refractivity contribution in [2.24, 2.45) is 0 Å². The number of allylic oxidation sites excluding steroid dienone is 1. The van der Waals surface area contributed by atoms with Gasteiger partial charge in [0.05, 0.1) is 19.1 Å². The van der Waals surface area contributed by atoms with Gasteiger partial charge in [0.25, 0.3) is 0 Å². The van der Waals surface area contributed by atoms with E-state index in [1.165, 1.54) is 7.11 Å². The second-order valence-electron chi connectivity index (χ2n) is 4.18. The highest BCUT2D eigenvalue weighted by Gasteiger charge is 2.18. The van der Waals surface area contributed by atoms with Crippen LogP contribution in [0.4, 0.5) is 0 Å². The van der Waals surface area contributed by atoms with Crippen LogP contribution >= 0.6 is 0 Å². The zero-order valence-electron chi connectivity index (χ0n) is 11.1. The maximum absolute atomic E-state index is 11.2. The minimum atomic E-state index is -1.23. The van der Waals surface area contributed by atoms with Crippen molar-refractivity contribution >= 4 is 17.5 Å². The van der Waals surface area contributed by atoms with Gasteiger partial charge >= 0.3 is 11.9 Å². The maximum Gasteiger partial charge on any atom is 0.332 e. The van der Waals surface area contributed by atoms with Gasteiger partial charge in [-0.2, -0.15) is 0 Å². The number of methoxy groups -OCH3 is 1. The maximum atomic E-state index is 11.2. The molecular formula is C14H16O5. The lowest BCUT2D eigenvalue weighted by Gasteiger charge is -2.12. The molecule has 0 aliphatic heterocycles. The fourth-order valence-corrected chi connectivity index (χ4v) is 1.79. The molecule has 1 aromatic rings. The van der Waals surface area contributed by atoms with Crippen molar-refractivity contribution in [3.05, 3.63) is 34.9 Å². The van der Waals surface area contributed by atoms with E-state index >= 15 is 0 Å². The number of aliphatic carboxylic acids is 2. The summed E-state index contributed by atoms with van der Waals surface area (Å²) < 4.78 is 5.21. The third-order valence-corrected chi connectivity index (χ3v) is 2.80. The first-order valence-electron chi connectivity index (χ1n) is 5.66. The van der Waals surface area contributed by atoms with Crippen molar-refractivity contribution < 1.29 is 24.5 Å². The van der Waals surface area contributed by atoms with Gasteiger partial charge in [0.15, 0.2) is 0 Å². The Morgan fingerprint density at radius 1 is 1.26 bits per heavy atom. The van der Waals surface area contributed by atoms with Gasteiger partial charge < -0.3 is 14.9 Å². The van der Waals surface area contributed by atoms with E-state index in [4.69, 9.17) is 14.9 Å². The topological polar surface area (TPSA) is 83.8 Å². The van der Waals surface area contributed by atoms with Crippen LogP contribution in [0.25, 0.3) is 5.57 Å². The van der Waals surface area contributed by atoms with Gasteiger partial charge in [-0.15, -0.1) is 0 Å². The molecule has 0 saturated carbocycles. The van der Waals surface area contributed by atoms with Crippen LogP contribution < -0.4 is 4.74 Å². The van der Waals surface area contributed by atoms with Crippen LogP contribution in [-0.2, 0) is 9.59 Å². The Kier molecular flexibility index (Phi) is 4.69. The van der Waals surface area contributed by atoms with Crippen molar-refractivity contribution in [2.75, 3.05) is 7.11 Å². The highest BCUT2D eigenvalue weighted by molar-refractivity contribution is 6.00. The van der Waals surface area contributed by atoms with Gasteiger partial charge in [-0.3, -0.25) is 4.79 Å². The summed E-state index contributed by atoms with van der Waals surface area (Å²) in [5.74, 6) is -1.88. The largest absolute Gasteiger partial charge is 0.496 e. The summed E-state index contributed by atoms with van der Waals surface area (Å²) in [4.78, 5) is 21.9. The van der Waals surface area contributed by atoms with E-state index in [1.54, 1.807) is 19.1 Å². The third-order valence-electron chi connectivity index (χ3n) is 2.80. The molecule has 2 N–H and O–H groups in total. The smallest absolute Gasteiger partial charge is 0.332 e. The second kappa shape index (κ2) is 6.04. The number of ether oxygens (including phenoxy) is 1. The molecule has 0 aromatic heterocycles. The van der Waals surface area contributed by atoms with Crippen molar-refractivity contribution in [3.8, 4) is 5.75 Å². The Labute approximate surface area is 111 Å². The first kappa shape index (κ1) is 14.8. The Balaban J connectivity index is 3.39. The number of carboxylic acid groups (broad SMARTS) is 2. The third kappa shape index (κ3) is 3.58. The summed E-state index contributed by atoms with van der Waals surface area (Å²) in [6, 6.07) is 5.33. The Bertz CT molecular complexity index is 543. The lowest BCUT2D eigenvalue weighted by molar-refractivity contribution is -0.139. The van der Waals surface area contributed by atoms with Crippen LogP contribution in [-0.4, -0.2) is 29.3 Å². The quantitative estimate of drug-likeness (QED) is 0.797. The predicted molar refractivity (Wildman–Crippen MR) is 70.2 cm³/mol. The van der Waals surface area contributed by atoms with Crippen LogP contribution in [0.15, 0.2) is 23.8 Å². The average Bonchev–Trinajstić information content (AvgIpc) is 2.34. The van der Waals surface area contributed by atoms with Gasteiger partial charge in [0, 0.05) is 5.56 Å². The molecule has 0 unspecified atom stereocenters. The first-order chi connectivity index (χ1) is 8.86. The molecular weight excluding hydrogens is 248 g/mol. The molecule has 0 spiro atoms. The molecule has 5 heteroatoms. The van der Waals surface area contributed by atoms with Gasteiger partial charge in [-0.05, 0) is 31.1 Å². The van der Waals surface area contributed by atoms with Crippen LogP contribution in [0, 0.1) is 6.92 Å². The lowest BCUT2D eigenvalue weighted by atomic mass is 9.97. The zero-order chi connectivity index (χ0) is 14.6. The monoisotopic (exact) mass is 264 g/mol. The van der Waals surface area contributed by atoms with Gasteiger partial charge in [-0.25, -0.2) is 4.79 Å². The van der Waals surface area contributed by atoms with E-state index in [9.17, 15) is 9.59 Å². The lowest BCUT2D eigenvalue weighted by Crippen LogP contribution is -2.09. The molecule has 1 rings (SSSR count). The van der Waals surface area contributed by atoms with E-state index in [2.05, 4.69) is 0 Å². The SMILES string of the molecule is COc1cc(C)ccc1/C(C)=C(/CC(=O)O)C(=O)O. The van der Waals surface area contributed by atoms with Crippen LogP contribution in [0.3, 0.4) is 0 Å². The molecule has 0 bridgehead atoms. The average molecular weight is 264 g/mol. The molecule has 0 radical (unpaired) electrons. The number of hydrogen-bond acceptors (Lipinski definition) is 3. The summed E-state index contributed by atoms with van der Waals surface area (Å²) in [6.45, 7) is 3.47. The standard InChI is InChI=1S/C14H16O5/c1-8-4-5-10(12(6-8)19-3)9(2)11(14(17)18)7-13(15)16/h4-6H,7H2,1-3H3,(H,15,16)(H,17,18)/b11-9-. The summed E-state index contributed by atoms with van der Waals surface area (Å²) in [5.41, 5.74) is 1.82. The normalized spacial score (nSPS) is 11.7. The summed E-state index contributed by atoms with van der Waals surface area (Å²) >= 11 is 0. The number of aryl methyl sites for hydroxylation is 1. The molecule has 19 heavy (non-hydrogen) atoms. The van der Waals surface area contributed by atoms with E-state index in [1.807, 2.05) is 13.0 Å². The summed E-state index contributed by atoms with van der Waals surface area (Å²) in [6.07, 6.45) is -0.530. The molecule has 0 amide bonds. The molecule has 1 aromatic carbocycles. The first-order valence-corrected chi connectivity index (χ1v) is 5.66. The van der Waals surface area contributed by atoms with Crippen molar-refractivity contribution in [2.45, 2.75) is 20.3 Å². The van der Waals surface area contributed by atoms with E-state index in [0.717, 1.165) is 5.56 Å². The Morgan fingerprint density at radius 3 is 2.37 bits per heavy atom. The number of hydrogen-bond donors (Lipinski definition) is 2. The van der Waals surface area contributed by atoms with Crippen molar-refractivity contribution in [3.63, 3.8) is 0 Å². The van der Waals surface area contributed by atoms with Gasteiger partial charge in [0.1, 0.15) is 5.75 Å². The Morgan fingerprint density at radius 2 is 1.89 bits per heavy atom. The zero-order valence-corrected chi connectivity index (χ0v) is 11.1. The molecule has 102 valence electrons. The van der Waals surface area contributed by atoms with E-state index < -0.39 is 18.4 Å². The minimum absolute atomic E-state index is 0.144. The summed E-state index contributed by atoms with van der Waals surface area (Å²) in [5, 5.41) is 17.9. The molecule has 0 saturated heterocycles. The van der Waals surface area contributed by atoms with Crippen LogP contribution in [0.1, 0.15) is 24.5 Å². The number of carboxylic acids is 2. The number of rotatable bonds is 5. The molecule has 0 fully saturated rings. The molecule has 0 aliphatic rings. The number of benzene rings is 1. The molecule has 0 atom stereocenters. The van der Waals surface area contributed by atoms with Gasteiger partial charge in [0.2, 0.25) is 0 Å². The van der Waals surface area contributed by atoms with Crippen LogP contribution in [0.5, 0.6) is 5.75 Å². The summed E-state index contributed by atoms with van der Waals surface area (Å²) in [7, 11) is 1.49.